The molecule has 5 heteroatoms. The summed E-state index contributed by atoms with van der Waals surface area (Å²) in [4.78, 5) is 0.955. The van der Waals surface area contributed by atoms with E-state index in [1.165, 1.54) is 11.8 Å². The summed E-state index contributed by atoms with van der Waals surface area (Å²) in [5, 5.41) is 31.3. The normalized spacial score (nSPS) is 30.6. The van der Waals surface area contributed by atoms with Crippen LogP contribution in [0.3, 0.4) is 0 Å². The van der Waals surface area contributed by atoms with E-state index in [0.717, 1.165) is 15.7 Å². The molecule has 2 aromatic carbocycles. The number of ether oxygens (including phenoxy) is 1. The molecule has 0 aromatic heterocycles. The Bertz CT molecular complexity index is 603. The van der Waals surface area contributed by atoms with Crippen LogP contribution in [0, 0.1) is 0 Å². The van der Waals surface area contributed by atoms with Crippen LogP contribution in [0.4, 0.5) is 0 Å². The first-order chi connectivity index (χ1) is 9.65. The summed E-state index contributed by atoms with van der Waals surface area (Å²) >= 11 is 1.35. The van der Waals surface area contributed by atoms with Gasteiger partial charge in [-0.2, -0.15) is 0 Å². The van der Waals surface area contributed by atoms with E-state index in [1.54, 1.807) is 0 Å². The highest BCUT2D eigenvalue weighted by atomic mass is 32.2. The molecule has 0 aliphatic carbocycles. The van der Waals surface area contributed by atoms with Crippen molar-refractivity contribution in [2.24, 2.45) is 0 Å². The van der Waals surface area contributed by atoms with Crippen LogP contribution in [0.25, 0.3) is 10.8 Å². The summed E-state index contributed by atoms with van der Waals surface area (Å²) in [7, 11) is 0. The summed E-state index contributed by atoms with van der Waals surface area (Å²) in [6.45, 7) is 0.0312. The van der Waals surface area contributed by atoms with Gasteiger partial charge in [0.05, 0.1) is 6.61 Å². The highest BCUT2D eigenvalue weighted by molar-refractivity contribution is 7.99. The predicted molar refractivity (Wildman–Crippen MR) is 77.6 cm³/mol. The van der Waals surface area contributed by atoms with E-state index in [0.29, 0.717) is 0 Å². The van der Waals surface area contributed by atoms with Crippen LogP contribution >= 0.6 is 11.8 Å². The predicted octanol–water partition coefficient (Wildman–Crippen LogP) is 1.37. The summed E-state index contributed by atoms with van der Waals surface area (Å²) in [5.74, 6) is 0. The molecule has 4 atom stereocenters. The molecule has 0 unspecified atom stereocenters. The molecule has 3 rings (SSSR count). The van der Waals surface area contributed by atoms with Gasteiger partial charge in [-0.25, -0.2) is 0 Å². The molecule has 2 aromatic rings. The fourth-order valence-electron chi connectivity index (χ4n) is 2.26. The van der Waals surface area contributed by atoms with E-state index in [1.807, 2.05) is 42.5 Å². The van der Waals surface area contributed by atoms with Crippen LogP contribution in [-0.2, 0) is 4.74 Å². The molecule has 106 valence electrons. The highest BCUT2D eigenvalue weighted by Gasteiger charge is 2.37. The second-order valence-corrected chi connectivity index (χ2v) is 6.05. The summed E-state index contributed by atoms with van der Waals surface area (Å²) in [5.41, 5.74) is -0.574. The molecule has 0 radical (unpaired) electrons. The average molecular weight is 292 g/mol. The van der Waals surface area contributed by atoms with Crippen molar-refractivity contribution in [3.8, 4) is 0 Å². The Morgan fingerprint density at radius 2 is 1.70 bits per heavy atom. The third-order valence-electron chi connectivity index (χ3n) is 3.43. The lowest BCUT2D eigenvalue weighted by atomic mass is 10.1. The number of thioether (sulfide) groups is 1. The maximum atomic E-state index is 9.93. The van der Waals surface area contributed by atoms with E-state index in [-0.39, 0.29) is 6.61 Å². The van der Waals surface area contributed by atoms with Crippen molar-refractivity contribution >= 4 is 22.5 Å². The Balaban J connectivity index is 1.79. The molecule has 1 aliphatic rings. The van der Waals surface area contributed by atoms with Gasteiger partial charge in [0.25, 0.3) is 0 Å². The Morgan fingerprint density at radius 1 is 0.950 bits per heavy atom. The molecule has 1 aliphatic heterocycles. The lowest BCUT2D eigenvalue weighted by Gasteiger charge is -2.34. The Kier molecular flexibility index (Phi) is 3.96. The lowest BCUT2D eigenvalue weighted by molar-refractivity contribution is -0.161. The van der Waals surface area contributed by atoms with Gasteiger partial charge in [0.15, 0.2) is 0 Å². The third kappa shape index (κ3) is 2.68. The van der Waals surface area contributed by atoms with Gasteiger partial charge in [-0.3, -0.25) is 0 Å². The van der Waals surface area contributed by atoms with Crippen molar-refractivity contribution in [2.45, 2.75) is 28.6 Å². The number of aliphatic hydroxyl groups excluding tert-OH is 3. The lowest BCUT2D eigenvalue weighted by Crippen LogP contribution is -2.51. The van der Waals surface area contributed by atoms with Gasteiger partial charge < -0.3 is 20.1 Å². The molecular weight excluding hydrogens is 276 g/mol. The van der Waals surface area contributed by atoms with E-state index in [2.05, 4.69) is 0 Å². The minimum atomic E-state index is -1.17. The largest absolute Gasteiger partial charge is 0.388 e. The first-order valence-corrected chi connectivity index (χ1v) is 7.34. The molecule has 0 saturated carbocycles. The molecule has 0 spiro atoms. The summed E-state index contributed by atoms with van der Waals surface area (Å²) in [6, 6.07) is 14.0. The Labute approximate surface area is 121 Å². The maximum absolute atomic E-state index is 9.93. The quantitative estimate of drug-likeness (QED) is 0.780. The van der Waals surface area contributed by atoms with E-state index < -0.39 is 23.7 Å². The molecule has 20 heavy (non-hydrogen) atoms. The second kappa shape index (κ2) is 5.71. The van der Waals surface area contributed by atoms with Crippen molar-refractivity contribution in [3.05, 3.63) is 42.5 Å². The van der Waals surface area contributed by atoms with Gasteiger partial charge >= 0.3 is 0 Å². The smallest absolute Gasteiger partial charge is 0.136 e. The van der Waals surface area contributed by atoms with Crippen LogP contribution in [0.5, 0.6) is 0 Å². The summed E-state index contributed by atoms with van der Waals surface area (Å²) in [6.07, 6.45) is -3.30. The topological polar surface area (TPSA) is 69.9 Å². The van der Waals surface area contributed by atoms with Crippen LogP contribution in [0.1, 0.15) is 0 Å². The van der Waals surface area contributed by atoms with Crippen molar-refractivity contribution < 1.29 is 20.1 Å². The monoisotopic (exact) mass is 292 g/mol. The zero-order chi connectivity index (χ0) is 14.1. The van der Waals surface area contributed by atoms with E-state index in [4.69, 9.17) is 4.74 Å². The van der Waals surface area contributed by atoms with Crippen LogP contribution in [-0.4, -0.2) is 45.7 Å². The highest BCUT2D eigenvalue weighted by Crippen LogP contribution is 2.32. The number of benzene rings is 2. The Hall–Kier alpha value is -1.11. The zero-order valence-corrected chi connectivity index (χ0v) is 11.5. The fourth-order valence-corrected chi connectivity index (χ4v) is 3.31. The summed E-state index contributed by atoms with van der Waals surface area (Å²) < 4.78 is 5.39. The first kappa shape index (κ1) is 13.9. The number of fused-ring (bicyclic) bond motifs is 1. The molecule has 0 bridgehead atoms. The number of rotatable bonds is 2. The first-order valence-electron chi connectivity index (χ1n) is 6.46. The second-order valence-electron chi connectivity index (χ2n) is 4.88. The number of aliphatic hydroxyl groups is 3. The fraction of sp³-hybridized carbons (Fsp3) is 0.333. The maximum Gasteiger partial charge on any atom is 0.136 e. The SMILES string of the molecule is O[C@@H]1[C@@H](O)[C@H](Sc2ccc3ccccc3c2)OC[C@H]1O. The number of hydrogen-bond acceptors (Lipinski definition) is 5. The molecule has 1 heterocycles. The molecule has 1 saturated heterocycles. The molecule has 3 N–H and O–H groups in total. The van der Waals surface area contributed by atoms with E-state index in [9.17, 15) is 15.3 Å². The van der Waals surface area contributed by atoms with Gasteiger partial charge in [-0.05, 0) is 22.9 Å². The van der Waals surface area contributed by atoms with Gasteiger partial charge in [-0.15, -0.1) is 0 Å². The van der Waals surface area contributed by atoms with Crippen molar-refractivity contribution in [2.75, 3.05) is 6.61 Å². The number of hydrogen-bond donors (Lipinski definition) is 3. The van der Waals surface area contributed by atoms with Crippen molar-refractivity contribution in [3.63, 3.8) is 0 Å². The van der Waals surface area contributed by atoms with E-state index >= 15 is 0 Å². The molecule has 0 amide bonds. The Morgan fingerprint density at radius 3 is 2.50 bits per heavy atom. The zero-order valence-electron chi connectivity index (χ0n) is 10.7. The van der Waals surface area contributed by atoms with Crippen LogP contribution < -0.4 is 0 Å². The molecule has 4 nitrogen and oxygen atoms in total. The minimum absolute atomic E-state index is 0.0312. The van der Waals surface area contributed by atoms with Crippen molar-refractivity contribution in [1.82, 2.24) is 0 Å². The molecular formula is C15H16O4S. The van der Waals surface area contributed by atoms with Crippen LogP contribution in [0.15, 0.2) is 47.4 Å². The minimum Gasteiger partial charge on any atom is -0.388 e. The average Bonchev–Trinajstić information content (AvgIpc) is 2.48. The molecule has 1 fully saturated rings. The van der Waals surface area contributed by atoms with Gasteiger partial charge in [0, 0.05) is 4.90 Å². The standard InChI is InChI=1S/C15H16O4S/c16-12-8-19-15(14(18)13(12)17)20-11-6-5-9-3-1-2-4-10(9)7-11/h1-7,12-18H,8H2/t12-,13+,14-,15+/m1/s1. The van der Waals surface area contributed by atoms with Crippen molar-refractivity contribution in [1.29, 1.82) is 0 Å². The van der Waals surface area contributed by atoms with Crippen LogP contribution in [0.2, 0.25) is 0 Å². The third-order valence-corrected chi connectivity index (χ3v) is 4.60. The van der Waals surface area contributed by atoms with Gasteiger partial charge in [0.1, 0.15) is 23.7 Å². The van der Waals surface area contributed by atoms with Gasteiger partial charge in [0.2, 0.25) is 0 Å². The van der Waals surface area contributed by atoms with Gasteiger partial charge in [-0.1, -0.05) is 42.1 Å².